The Morgan fingerprint density at radius 1 is 2.00 bits per heavy atom. The van der Waals surface area contributed by atoms with Crippen molar-refractivity contribution < 1.29 is 0 Å². The second-order valence-corrected chi connectivity index (χ2v) is 0.586. The van der Waals surface area contributed by atoms with Crippen LogP contribution in [-0.2, 0) is 0 Å². The topological polar surface area (TPSA) is 12.4 Å². The van der Waals surface area contributed by atoms with Crippen molar-refractivity contribution in [3.8, 4) is 0 Å². The highest BCUT2D eigenvalue weighted by Gasteiger charge is 1.36. The van der Waals surface area contributed by atoms with Gasteiger partial charge in [0.25, 0.3) is 0 Å². The van der Waals surface area contributed by atoms with Crippen molar-refractivity contribution in [2.45, 2.75) is 0 Å². The molecule has 26 valence electrons. The van der Waals surface area contributed by atoms with E-state index in [1.165, 1.54) is 6.20 Å². The minimum Gasteiger partial charge on any atom is -0.203 e. The van der Waals surface area contributed by atoms with Crippen molar-refractivity contribution in [1.82, 2.24) is 0 Å². The van der Waals surface area contributed by atoms with E-state index in [4.69, 9.17) is 0 Å². The van der Waals surface area contributed by atoms with Gasteiger partial charge in [-0.2, -0.15) is 0 Å². The fraction of sp³-hybridized carbons (Fsp3) is 0. The van der Waals surface area contributed by atoms with Crippen LogP contribution in [0, 0.1) is 0 Å². The van der Waals surface area contributed by atoms with Gasteiger partial charge >= 0.3 is 0 Å². The molecule has 0 heterocycles. The Morgan fingerprint density at radius 2 is 2.60 bits per heavy atom. The van der Waals surface area contributed by atoms with Gasteiger partial charge in [0, 0.05) is 6.20 Å². The van der Waals surface area contributed by atoms with Crippen LogP contribution in [-0.4, -0.2) is 5.16 Å². The molecule has 0 atom stereocenters. The number of hydrogen-bond donors (Lipinski definition) is 0. The SMILES string of the molecule is C=CN=C=S. The number of nitrogens with zero attached hydrogens (tertiary/aromatic N) is 1. The summed E-state index contributed by atoms with van der Waals surface area (Å²) < 4.78 is 0. The number of thiocarbonyl (C=S) groups is 1. The lowest BCUT2D eigenvalue weighted by Crippen LogP contribution is -1.32. The van der Waals surface area contributed by atoms with Crippen LogP contribution in [0.5, 0.6) is 0 Å². The van der Waals surface area contributed by atoms with Gasteiger partial charge in [0.2, 0.25) is 0 Å². The lowest BCUT2D eigenvalue weighted by Gasteiger charge is -1.48. The summed E-state index contributed by atoms with van der Waals surface area (Å²) in [5.74, 6) is 0. The van der Waals surface area contributed by atoms with Gasteiger partial charge in [-0.3, -0.25) is 0 Å². The van der Waals surface area contributed by atoms with Gasteiger partial charge in [-0.05, 0) is 12.2 Å². The van der Waals surface area contributed by atoms with E-state index in [0.717, 1.165) is 0 Å². The van der Waals surface area contributed by atoms with Crippen LogP contribution < -0.4 is 0 Å². The summed E-state index contributed by atoms with van der Waals surface area (Å²) in [6.45, 7) is 3.25. The van der Waals surface area contributed by atoms with E-state index in [0.29, 0.717) is 0 Å². The number of hydrogen-bond acceptors (Lipinski definition) is 2. The maximum absolute atomic E-state index is 4.16. The Bertz CT molecular complexity index is 71.0. The summed E-state index contributed by atoms with van der Waals surface area (Å²) >= 11 is 4.16. The van der Waals surface area contributed by atoms with Crippen LogP contribution in [0.15, 0.2) is 17.8 Å². The van der Waals surface area contributed by atoms with Crippen LogP contribution >= 0.6 is 12.2 Å². The Kier molecular flexibility index (Phi) is 3.21. The predicted molar refractivity (Wildman–Crippen MR) is 25.2 cm³/mol. The summed E-state index contributed by atoms with van der Waals surface area (Å²) in [5.41, 5.74) is 0. The molecule has 0 spiro atoms. The smallest absolute Gasteiger partial charge is 0.0634 e. The number of aliphatic imine (C=N–C) groups is 1. The van der Waals surface area contributed by atoms with Crippen LogP contribution in [0.25, 0.3) is 0 Å². The fourth-order valence-corrected chi connectivity index (χ4v) is 0.112. The average molecular weight is 85.1 g/mol. The lowest BCUT2D eigenvalue weighted by molar-refractivity contribution is 1.65. The highest BCUT2D eigenvalue weighted by molar-refractivity contribution is 7.78. The van der Waals surface area contributed by atoms with Gasteiger partial charge in [-0.1, -0.05) is 6.58 Å². The summed E-state index contributed by atoms with van der Waals surface area (Å²) in [6, 6.07) is 0. The van der Waals surface area contributed by atoms with Crippen molar-refractivity contribution in [2.75, 3.05) is 0 Å². The molecule has 0 bridgehead atoms. The third-order valence-corrected chi connectivity index (χ3v) is 0.249. The summed E-state index contributed by atoms with van der Waals surface area (Å²) in [7, 11) is 0. The van der Waals surface area contributed by atoms with Crippen LogP contribution in [0.4, 0.5) is 0 Å². The van der Waals surface area contributed by atoms with Gasteiger partial charge in [-0.15, -0.1) is 0 Å². The van der Waals surface area contributed by atoms with Crippen molar-refractivity contribution >= 4 is 17.4 Å². The standard InChI is InChI=1S/C3H3NS/c1-2-4-3-5/h2H,1H2. The largest absolute Gasteiger partial charge is 0.203 e. The second-order valence-electron chi connectivity index (χ2n) is 0.403. The van der Waals surface area contributed by atoms with E-state index in [1.807, 2.05) is 0 Å². The minimum absolute atomic E-state index is 1.34. The van der Waals surface area contributed by atoms with Crippen LogP contribution in [0.2, 0.25) is 0 Å². The zero-order valence-corrected chi connectivity index (χ0v) is 3.46. The molecule has 0 radical (unpaired) electrons. The fourth-order valence-electron chi connectivity index (χ4n) is 0.0373. The Hall–Kier alpha value is -0.460. The lowest BCUT2D eigenvalue weighted by atomic mass is 11.1. The minimum atomic E-state index is 1.34. The summed E-state index contributed by atoms with van der Waals surface area (Å²) in [5, 5.41) is 2.11. The molecule has 0 saturated carbocycles. The molecule has 0 saturated heterocycles. The van der Waals surface area contributed by atoms with Crippen LogP contribution in [0.1, 0.15) is 0 Å². The second kappa shape index (κ2) is 3.54. The van der Waals surface area contributed by atoms with Gasteiger partial charge in [-0.25, -0.2) is 4.99 Å². The highest BCUT2D eigenvalue weighted by atomic mass is 32.1. The third-order valence-electron chi connectivity index (χ3n) is 0.144. The van der Waals surface area contributed by atoms with Gasteiger partial charge in [0.1, 0.15) is 0 Å². The molecule has 0 aromatic heterocycles. The molecule has 0 rings (SSSR count). The molecule has 0 N–H and O–H groups in total. The number of rotatable bonds is 1. The Balaban J connectivity index is 3.31. The Morgan fingerprint density at radius 3 is 2.60 bits per heavy atom. The molecule has 0 aromatic rings. The first kappa shape index (κ1) is 4.54. The molecule has 0 amide bonds. The predicted octanol–water partition coefficient (Wildman–Crippen LogP) is 1.23. The first-order chi connectivity index (χ1) is 2.41. The summed E-state index contributed by atoms with van der Waals surface area (Å²) in [6.07, 6.45) is 1.34. The van der Waals surface area contributed by atoms with E-state index in [9.17, 15) is 0 Å². The van der Waals surface area contributed by atoms with E-state index < -0.39 is 0 Å². The van der Waals surface area contributed by atoms with Crippen LogP contribution in [0.3, 0.4) is 0 Å². The van der Waals surface area contributed by atoms with E-state index in [-0.39, 0.29) is 0 Å². The van der Waals surface area contributed by atoms with E-state index in [2.05, 4.69) is 29.0 Å². The van der Waals surface area contributed by atoms with Gasteiger partial charge in [0.15, 0.2) is 0 Å². The normalized spacial score (nSPS) is 4.80. The van der Waals surface area contributed by atoms with Crippen molar-refractivity contribution in [3.63, 3.8) is 0 Å². The van der Waals surface area contributed by atoms with Crippen molar-refractivity contribution in [2.24, 2.45) is 4.99 Å². The molecule has 2 heteroatoms. The van der Waals surface area contributed by atoms with Gasteiger partial charge < -0.3 is 0 Å². The van der Waals surface area contributed by atoms with Crippen molar-refractivity contribution in [1.29, 1.82) is 0 Å². The molecule has 0 aliphatic carbocycles. The average Bonchev–Trinajstić information content (AvgIpc) is 1.41. The third kappa shape index (κ3) is 3.54. The monoisotopic (exact) mass is 85.0 g/mol. The van der Waals surface area contributed by atoms with Gasteiger partial charge in [0.05, 0.1) is 5.16 Å². The molecule has 0 aliphatic rings. The molecule has 0 fully saturated rings. The quantitative estimate of drug-likeness (QED) is 0.344. The molecule has 0 unspecified atom stereocenters. The molecule has 0 aromatic carbocycles. The molecule has 5 heavy (non-hydrogen) atoms. The molecular weight excluding hydrogens is 82.1 g/mol. The van der Waals surface area contributed by atoms with E-state index >= 15 is 0 Å². The first-order valence-electron chi connectivity index (χ1n) is 1.09. The maximum Gasteiger partial charge on any atom is 0.0634 e. The zero-order chi connectivity index (χ0) is 4.12. The summed E-state index contributed by atoms with van der Waals surface area (Å²) in [4.78, 5) is 3.30. The van der Waals surface area contributed by atoms with E-state index in [1.54, 1.807) is 0 Å². The maximum atomic E-state index is 4.16. The molecule has 0 aliphatic heterocycles. The first-order valence-corrected chi connectivity index (χ1v) is 1.50. The van der Waals surface area contributed by atoms with Crippen molar-refractivity contribution in [3.05, 3.63) is 12.8 Å². The number of isothiocyanates is 1. The zero-order valence-electron chi connectivity index (χ0n) is 2.64. The highest BCUT2D eigenvalue weighted by Crippen LogP contribution is 1.55. The molecular formula is C3H3NS. The molecule has 1 nitrogen and oxygen atoms in total. The Labute approximate surface area is 36.0 Å².